The molecule has 0 atom stereocenters. The molecule has 0 bridgehead atoms. The standard InChI is InChI=1S/C26H30N6O/c1-30(2)26(20-9-5-4-6-10-20)14-12-25(13-15-26)19-32(24(33)31(25)3)21-17-28-23(29-18-21)22-11-7-8-16-27-22/h4-11,16-18H,12-15,19H2,1-3H3. The summed E-state index contributed by atoms with van der Waals surface area (Å²) >= 11 is 0. The van der Waals surface area contributed by atoms with E-state index in [-0.39, 0.29) is 17.1 Å². The van der Waals surface area contributed by atoms with E-state index in [1.165, 1.54) is 5.56 Å². The lowest BCUT2D eigenvalue weighted by atomic mass is 9.68. The van der Waals surface area contributed by atoms with Crippen LogP contribution in [0.25, 0.3) is 11.5 Å². The minimum atomic E-state index is -0.176. The number of anilines is 1. The first-order valence-electron chi connectivity index (χ1n) is 11.5. The number of nitrogens with zero attached hydrogens (tertiary/aromatic N) is 6. The highest BCUT2D eigenvalue weighted by Crippen LogP contribution is 2.48. The zero-order valence-corrected chi connectivity index (χ0v) is 19.5. The van der Waals surface area contributed by atoms with E-state index in [0.717, 1.165) is 37.1 Å². The monoisotopic (exact) mass is 442 g/mol. The third-order valence-corrected chi connectivity index (χ3v) is 7.70. The zero-order chi connectivity index (χ0) is 23.1. The first-order valence-corrected chi connectivity index (χ1v) is 11.5. The van der Waals surface area contributed by atoms with Gasteiger partial charge in [0.05, 0.1) is 30.2 Å². The van der Waals surface area contributed by atoms with E-state index in [1.54, 1.807) is 18.6 Å². The van der Waals surface area contributed by atoms with E-state index < -0.39 is 0 Å². The lowest BCUT2D eigenvalue weighted by Gasteiger charge is -2.50. The van der Waals surface area contributed by atoms with Crippen molar-refractivity contribution in [3.8, 4) is 11.5 Å². The van der Waals surface area contributed by atoms with Crippen LogP contribution in [-0.2, 0) is 5.54 Å². The number of carbonyl (C=O) groups excluding carboxylic acids is 1. The van der Waals surface area contributed by atoms with Gasteiger partial charge >= 0.3 is 6.03 Å². The summed E-state index contributed by atoms with van der Waals surface area (Å²) in [6.07, 6.45) is 9.10. The molecule has 2 amide bonds. The van der Waals surface area contributed by atoms with Crippen LogP contribution in [0.2, 0.25) is 0 Å². The maximum atomic E-state index is 13.3. The van der Waals surface area contributed by atoms with Crippen molar-refractivity contribution < 1.29 is 4.79 Å². The predicted molar refractivity (Wildman–Crippen MR) is 129 cm³/mol. The number of carbonyl (C=O) groups is 1. The average Bonchev–Trinajstić information content (AvgIpc) is 3.11. The fourth-order valence-corrected chi connectivity index (χ4v) is 5.51. The highest BCUT2D eigenvalue weighted by atomic mass is 16.2. The van der Waals surface area contributed by atoms with Gasteiger partial charge in [-0.3, -0.25) is 14.8 Å². The molecule has 1 saturated carbocycles. The third-order valence-electron chi connectivity index (χ3n) is 7.70. The Balaban J connectivity index is 1.37. The van der Waals surface area contributed by atoms with E-state index in [2.05, 4.69) is 64.3 Å². The second-order valence-corrected chi connectivity index (χ2v) is 9.42. The van der Waals surface area contributed by atoms with Crippen molar-refractivity contribution >= 4 is 11.7 Å². The Morgan fingerprint density at radius 1 is 0.879 bits per heavy atom. The molecule has 1 aliphatic heterocycles. The Kier molecular flexibility index (Phi) is 5.37. The molecule has 1 aromatic carbocycles. The smallest absolute Gasteiger partial charge is 0.320 e. The molecule has 2 aliphatic rings. The van der Waals surface area contributed by atoms with Crippen molar-refractivity contribution in [3.05, 3.63) is 72.7 Å². The van der Waals surface area contributed by atoms with Gasteiger partial charge in [-0.15, -0.1) is 0 Å². The first-order chi connectivity index (χ1) is 16.0. The molecule has 7 nitrogen and oxygen atoms in total. The van der Waals surface area contributed by atoms with Crippen LogP contribution in [0.5, 0.6) is 0 Å². The van der Waals surface area contributed by atoms with Gasteiger partial charge in [-0.1, -0.05) is 36.4 Å². The van der Waals surface area contributed by atoms with E-state index in [4.69, 9.17) is 0 Å². The molecule has 33 heavy (non-hydrogen) atoms. The Labute approximate surface area is 195 Å². The number of likely N-dealkylation sites (N-methyl/N-ethyl adjacent to an activating group) is 1. The molecule has 7 heteroatoms. The van der Waals surface area contributed by atoms with Crippen LogP contribution in [0.4, 0.5) is 10.5 Å². The van der Waals surface area contributed by atoms with Crippen LogP contribution in [0.3, 0.4) is 0 Å². The van der Waals surface area contributed by atoms with Gasteiger partial charge in [0, 0.05) is 18.8 Å². The summed E-state index contributed by atoms with van der Waals surface area (Å²) in [6.45, 7) is 0.660. The maximum absolute atomic E-state index is 13.3. The maximum Gasteiger partial charge on any atom is 0.324 e. The van der Waals surface area contributed by atoms with Crippen LogP contribution in [0.15, 0.2) is 67.1 Å². The fraction of sp³-hybridized carbons (Fsp3) is 0.385. The largest absolute Gasteiger partial charge is 0.324 e. The molecular formula is C26H30N6O. The summed E-state index contributed by atoms with van der Waals surface area (Å²) in [4.78, 5) is 32.7. The number of benzene rings is 1. The SMILES string of the molecule is CN1C(=O)N(c2cnc(-c3ccccn3)nc2)CC12CCC(c1ccccc1)(N(C)C)CC2. The first kappa shape index (κ1) is 21.5. The van der Waals surface area contributed by atoms with Gasteiger partial charge in [-0.2, -0.15) is 0 Å². The Morgan fingerprint density at radius 3 is 2.15 bits per heavy atom. The van der Waals surface area contributed by atoms with E-state index in [9.17, 15) is 4.79 Å². The summed E-state index contributed by atoms with van der Waals surface area (Å²) in [6, 6.07) is 16.4. The van der Waals surface area contributed by atoms with Crippen molar-refractivity contribution in [2.24, 2.45) is 0 Å². The summed E-state index contributed by atoms with van der Waals surface area (Å²) in [7, 11) is 6.28. The van der Waals surface area contributed by atoms with Crippen LogP contribution >= 0.6 is 0 Å². The van der Waals surface area contributed by atoms with Gasteiger partial charge in [0.25, 0.3) is 0 Å². The topological polar surface area (TPSA) is 65.5 Å². The molecule has 1 saturated heterocycles. The second kappa shape index (κ2) is 8.23. The van der Waals surface area contributed by atoms with Crippen LogP contribution in [-0.4, -0.2) is 64.0 Å². The van der Waals surface area contributed by atoms with E-state index in [1.807, 2.05) is 35.0 Å². The number of hydrogen-bond donors (Lipinski definition) is 0. The third kappa shape index (κ3) is 3.56. The highest BCUT2D eigenvalue weighted by molar-refractivity contribution is 5.95. The van der Waals surface area contributed by atoms with Gasteiger partial charge in [0.2, 0.25) is 0 Å². The van der Waals surface area contributed by atoms with Crippen LogP contribution in [0.1, 0.15) is 31.2 Å². The lowest BCUT2D eigenvalue weighted by molar-refractivity contribution is 0.0341. The molecule has 0 N–H and O–H groups in total. The average molecular weight is 443 g/mol. The molecule has 0 radical (unpaired) electrons. The molecule has 3 heterocycles. The summed E-state index contributed by atoms with van der Waals surface area (Å²) in [5.74, 6) is 0.561. The van der Waals surface area contributed by atoms with Gasteiger partial charge in [0.1, 0.15) is 5.69 Å². The van der Waals surface area contributed by atoms with Crippen LogP contribution < -0.4 is 4.90 Å². The number of amides is 2. The van der Waals surface area contributed by atoms with Crippen molar-refractivity contribution in [2.75, 3.05) is 32.6 Å². The van der Waals surface area contributed by atoms with Crippen LogP contribution in [0, 0.1) is 0 Å². The van der Waals surface area contributed by atoms with E-state index in [0.29, 0.717) is 12.4 Å². The number of urea groups is 1. The molecule has 1 aliphatic carbocycles. The molecule has 3 aromatic rings. The quantitative estimate of drug-likeness (QED) is 0.606. The number of pyridine rings is 1. The number of rotatable bonds is 4. The van der Waals surface area contributed by atoms with Gasteiger partial charge in [-0.25, -0.2) is 14.8 Å². The number of hydrogen-bond acceptors (Lipinski definition) is 5. The molecular weight excluding hydrogens is 412 g/mol. The molecule has 1 spiro atoms. The van der Waals surface area contributed by atoms with Crippen molar-refractivity contribution in [3.63, 3.8) is 0 Å². The Morgan fingerprint density at radius 2 is 1.55 bits per heavy atom. The molecule has 0 unspecified atom stereocenters. The van der Waals surface area contributed by atoms with Crippen molar-refractivity contribution in [2.45, 2.75) is 36.8 Å². The lowest BCUT2D eigenvalue weighted by Crippen LogP contribution is -2.54. The molecule has 2 fully saturated rings. The van der Waals surface area contributed by atoms with Gasteiger partial charge in [-0.05, 0) is 57.5 Å². The second-order valence-electron chi connectivity index (χ2n) is 9.42. The van der Waals surface area contributed by atoms with Gasteiger partial charge < -0.3 is 4.90 Å². The Hall–Kier alpha value is -3.32. The normalized spacial score (nSPS) is 25.3. The minimum Gasteiger partial charge on any atom is -0.320 e. The molecule has 5 rings (SSSR count). The van der Waals surface area contributed by atoms with Crippen molar-refractivity contribution in [1.82, 2.24) is 24.8 Å². The Bertz CT molecular complexity index is 1110. The predicted octanol–water partition coefficient (Wildman–Crippen LogP) is 4.18. The number of aromatic nitrogens is 3. The van der Waals surface area contributed by atoms with Crippen molar-refractivity contribution in [1.29, 1.82) is 0 Å². The summed E-state index contributed by atoms with van der Waals surface area (Å²) < 4.78 is 0. The van der Waals surface area contributed by atoms with E-state index >= 15 is 0 Å². The summed E-state index contributed by atoms with van der Waals surface area (Å²) in [5.41, 5.74) is 2.63. The minimum absolute atomic E-state index is 0.00272. The molecule has 170 valence electrons. The molecule has 2 aromatic heterocycles. The highest BCUT2D eigenvalue weighted by Gasteiger charge is 2.53. The zero-order valence-electron chi connectivity index (χ0n) is 19.5. The summed E-state index contributed by atoms with van der Waals surface area (Å²) in [5, 5.41) is 0. The van der Waals surface area contributed by atoms with Gasteiger partial charge in [0.15, 0.2) is 5.82 Å². The fourth-order valence-electron chi connectivity index (χ4n) is 5.51.